The minimum Gasteiger partial charge on any atom is -0.493 e. The van der Waals surface area contributed by atoms with E-state index in [2.05, 4.69) is 0 Å². The molecule has 1 aromatic rings. The maximum Gasteiger partial charge on any atom is 0.410 e. The Bertz CT molecular complexity index is 826. The Balaban J connectivity index is 1.92. The van der Waals surface area contributed by atoms with E-state index in [0.717, 1.165) is 18.4 Å². The third kappa shape index (κ3) is 5.30. The van der Waals surface area contributed by atoms with Crippen LogP contribution in [0.5, 0.6) is 11.5 Å². The van der Waals surface area contributed by atoms with Crippen molar-refractivity contribution in [2.75, 3.05) is 26.8 Å². The first kappa shape index (κ1) is 24.2. The number of likely N-dealkylation sites (tertiary alicyclic amines) is 1. The third-order valence-electron chi connectivity index (χ3n) is 6.27. The second kappa shape index (κ2) is 9.59. The summed E-state index contributed by atoms with van der Waals surface area (Å²) in [6.07, 6.45) is 4.15. The largest absolute Gasteiger partial charge is 0.493 e. The molecule has 1 saturated carbocycles. The molecule has 2 atom stereocenters. The predicted octanol–water partition coefficient (Wildman–Crippen LogP) is 4.92. The number of rotatable bonds is 6. The number of nitrogens with zero attached hydrogens (tertiary/aromatic N) is 1. The molecule has 1 aliphatic heterocycles. The van der Waals surface area contributed by atoms with E-state index in [-0.39, 0.29) is 31.1 Å². The van der Waals surface area contributed by atoms with Crippen molar-refractivity contribution in [3.63, 3.8) is 0 Å². The summed E-state index contributed by atoms with van der Waals surface area (Å²) in [7, 11) is 1.62. The fourth-order valence-electron chi connectivity index (χ4n) is 4.62. The first-order valence-corrected chi connectivity index (χ1v) is 11.6. The number of hydrogen-bond donors (Lipinski definition) is 0. The van der Waals surface area contributed by atoms with Gasteiger partial charge in [-0.1, -0.05) is 6.07 Å². The number of carbonyl (C=O) groups is 2. The van der Waals surface area contributed by atoms with Crippen LogP contribution in [0.3, 0.4) is 0 Å². The summed E-state index contributed by atoms with van der Waals surface area (Å²) in [5.74, 6) is 0.773. The van der Waals surface area contributed by atoms with E-state index in [1.807, 2.05) is 45.9 Å². The van der Waals surface area contributed by atoms with E-state index in [4.69, 9.17) is 18.9 Å². The summed E-state index contributed by atoms with van der Waals surface area (Å²) < 4.78 is 22.8. The monoisotopic (exact) mass is 447 g/mol. The molecule has 7 nitrogen and oxygen atoms in total. The zero-order chi connectivity index (χ0) is 23.5. The molecule has 0 N–H and O–H groups in total. The van der Waals surface area contributed by atoms with Crippen LogP contribution < -0.4 is 9.47 Å². The maximum atomic E-state index is 13.0. The Hall–Kier alpha value is -2.44. The standard InChI is InChI=1S/C25H37NO6/c1-7-30-22(27)25(5)16-26(23(28)32-24(2,3)4)15-19(25)17-12-13-20(29-6)21(14-17)31-18-10-8-9-11-18/h12-14,18-19H,7-11,15-16H2,1-6H3/t19-,25+/m1/s1. The van der Waals surface area contributed by atoms with E-state index in [1.54, 1.807) is 18.9 Å². The molecule has 1 aromatic carbocycles. The number of ether oxygens (including phenoxy) is 4. The number of methoxy groups -OCH3 is 1. The molecule has 2 fully saturated rings. The van der Waals surface area contributed by atoms with Gasteiger partial charge in [0.25, 0.3) is 0 Å². The van der Waals surface area contributed by atoms with Gasteiger partial charge in [0.15, 0.2) is 11.5 Å². The van der Waals surface area contributed by atoms with Crippen LogP contribution in [-0.4, -0.2) is 55.5 Å². The second-order valence-electron chi connectivity index (χ2n) is 9.99. The summed E-state index contributed by atoms with van der Waals surface area (Å²) in [5.41, 5.74) is -0.593. The highest BCUT2D eigenvalue weighted by Crippen LogP contribution is 2.46. The Morgan fingerprint density at radius 1 is 1.16 bits per heavy atom. The molecule has 7 heteroatoms. The lowest BCUT2D eigenvalue weighted by Crippen LogP contribution is -2.39. The van der Waals surface area contributed by atoms with Crippen molar-refractivity contribution in [2.45, 2.75) is 77.9 Å². The zero-order valence-electron chi connectivity index (χ0n) is 20.2. The van der Waals surface area contributed by atoms with Gasteiger partial charge in [0.05, 0.1) is 25.2 Å². The van der Waals surface area contributed by atoms with Gasteiger partial charge in [-0.25, -0.2) is 4.79 Å². The van der Waals surface area contributed by atoms with E-state index in [0.29, 0.717) is 18.0 Å². The number of esters is 1. The van der Waals surface area contributed by atoms with Crippen molar-refractivity contribution >= 4 is 12.1 Å². The number of amides is 1. The normalized spacial score (nSPS) is 23.8. The average molecular weight is 448 g/mol. The van der Waals surface area contributed by atoms with Gasteiger partial charge < -0.3 is 23.8 Å². The van der Waals surface area contributed by atoms with Crippen LogP contribution in [0.2, 0.25) is 0 Å². The molecule has 2 aliphatic rings. The Morgan fingerprint density at radius 3 is 2.44 bits per heavy atom. The maximum absolute atomic E-state index is 13.0. The fraction of sp³-hybridized carbons (Fsp3) is 0.680. The van der Waals surface area contributed by atoms with Gasteiger partial charge in [-0.15, -0.1) is 0 Å². The Morgan fingerprint density at radius 2 is 1.84 bits per heavy atom. The van der Waals surface area contributed by atoms with Crippen LogP contribution in [-0.2, 0) is 14.3 Å². The molecule has 0 spiro atoms. The van der Waals surface area contributed by atoms with Gasteiger partial charge in [-0.2, -0.15) is 0 Å². The highest BCUT2D eigenvalue weighted by Gasteiger charge is 2.52. The summed E-state index contributed by atoms with van der Waals surface area (Å²) in [5, 5.41) is 0. The summed E-state index contributed by atoms with van der Waals surface area (Å²) >= 11 is 0. The number of carbonyl (C=O) groups excluding carboxylic acids is 2. The van der Waals surface area contributed by atoms with Crippen molar-refractivity contribution in [2.24, 2.45) is 5.41 Å². The lowest BCUT2D eigenvalue weighted by Gasteiger charge is -2.29. The average Bonchev–Trinajstić information content (AvgIpc) is 3.35. The fourth-order valence-corrected chi connectivity index (χ4v) is 4.62. The number of hydrogen-bond acceptors (Lipinski definition) is 6. The SMILES string of the molecule is CCOC(=O)[C@@]1(C)CN(C(=O)OC(C)(C)C)C[C@@H]1c1ccc(OC)c(OC2CCCC2)c1. The lowest BCUT2D eigenvalue weighted by atomic mass is 9.76. The molecule has 1 aliphatic carbocycles. The van der Waals surface area contributed by atoms with Crippen LogP contribution in [0.25, 0.3) is 0 Å². The molecule has 0 radical (unpaired) electrons. The summed E-state index contributed by atoms with van der Waals surface area (Å²) in [6, 6.07) is 5.78. The first-order chi connectivity index (χ1) is 15.1. The minimum atomic E-state index is -0.897. The van der Waals surface area contributed by atoms with Crippen molar-refractivity contribution < 1.29 is 28.5 Å². The molecule has 1 saturated heterocycles. The van der Waals surface area contributed by atoms with Gasteiger partial charge in [-0.3, -0.25) is 4.79 Å². The molecule has 0 unspecified atom stereocenters. The molecular formula is C25H37NO6. The number of benzene rings is 1. The summed E-state index contributed by atoms with van der Waals surface area (Å²) in [4.78, 5) is 27.5. The quantitative estimate of drug-likeness (QED) is 0.576. The van der Waals surface area contributed by atoms with Crippen molar-refractivity contribution in [1.29, 1.82) is 0 Å². The van der Waals surface area contributed by atoms with E-state index in [9.17, 15) is 9.59 Å². The van der Waals surface area contributed by atoms with E-state index < -0.39 is 17.1 Å². The van der Waals surface area contributed by atoms with Crippen LogP contribution in [0.1, 0.15) is 71.8 Å². The van der Waals surface area contributed by atoms with Crippen molar-refractivity contribution in [1.82, 2.24) is 4.90 Å². The Labute approximate surface area is 191 Å². The van der Waals surface area contributed by atoms with Gasteiger partial charge in [0.2, 0.25) is 0 Å². The molecule has 0 bridgehead atoms. The highest BCUT2D eigenvalue weighted by atomic mass is 16.6. The topological polar surface area (TPSA) is 74.3 Å². The third-order valence-corrected chi connectivity index (χ3v) is 6.27. The van der Waals surface area contributed by atoms with Gasteiger partial charge >= 0.3 is 12.1 Å². The van der Waals surface area contributed by atoms with E-state index in [1.165, 1.54) is 12.8 Å². The van der Waals surface area contributed by atoms with E-state index >= 15 is 0 Å². The molecule has 1 heterocycles. The van der Waals surface area contributed by atoms with Gasteiger partial charge in [-0.05, 0) is 78.0 Å². The van der Waals surface area contributed by atoms with Gasteiger partial charge in [0, 0.05) is 19.0 Å². The van der Waals surface area contributed by atoms with Crippen molar-refractivity contribution in [3.8, 4) is 11.5 Å². The molecule has 32 heavy (non-hydrogen) atoms. The lowest BCUT2D eigenvalue weighted by molar-refractivity contribution is -0.154. The Kier molecular flexibility index (Phi) is 7.25. The van der Waals surface area contributed by atoms with Crippen LogP contribution >= 0.6 is 0 Å². The summed E-state index contributed by atoms with van der Waals surface area (Å²) in [6.45, 7) is 10.0. The van der Waals surface area contributed by atoms with Crippen LogP contribution in [0.4, 0.5) is 4.79 Å². The molecule has 3 rings (SSSR count). The highest BCUT2D eigenvalue weighted by molar-refractivity contribution is 5.81. The second-order valence-corrected chi connectivity index (χ2v) is 9.99. The smallest absolute Gasteiger partial charge is 0.410 e. The van der Waals surface area contributed by atoms with Crippen LogP contribution in [0.15, 0.2) is 18.2 Å². The first-order valence-electron chi connectivity index (χ1n) is 11.6. The molecule has 178 valence electrons. The van der Waals surface area contributed by atoms with Gasteiger partial charge in [0.1, 0.15) is 5.60 Å². The predicted molar refractivity (Wildman–Crippen MR) is 121 cm³/mol. The molecular weight excluding hydrogens is 410 g/mol. The zero-order valence-corrected chi connectivity index (χ0v) is 20.2. The van der Waals surface area contributed by atoms with Crippen molar-refractivity contribution in [3.05, 3.63) is 23.8 Å². The molecule has 0 aromatic heterocycles. The minimum absolute atomic E-state index is 0.178. The molecule has 1 amide bonds. The van der Waals surface area contributed by atoms with Crippen LogP contribution in [0, 0.1) is 5.41 Å².